The number of hydrogen-bond acceptors (Lipinski definition) is 4. The molecule has 1 atom stereocenters. The summed E-state index contributed by atoms with van der Waals surface area (Å²) in [6, 6.07) is 10.4. The second-order valence-electron chi connectivity index (χ2n) is 6.52. The number of hydrogen-bond donors (Lipinski definition) is 1. The molecule has 0 aromatic heterocycles. The van der Waals surface area contributed by atoms with Crippen LogP contribution in [-0.4, -0.2) is 42.0 Å². The number of ether oxygens (including phenoxy) is 1. The van der Waals surface area contributed by atoms with E-state index in [1.807, 2.05) is 0 Å². The Morgan fingerprint density at radius 2 is 1.76 bits per heavy atom. The molecule has 1 N–H and O–H groups in total. The molecule has 29 heavy (non-hydrogen) atoms. The molecule has 0 saturated carbocycles. The highest BCUT2D eigenvalue weighted by atomic mass is 35.5. The Kier molecular flexibility index (Phi) is 6.85. The molecule has 0 aliphatic carbocycles. The number of ketones is 1. The number of aliphatic hydroxyl groups is 1. The van der Waals surface area contributed by atoms with Crippen LogP contribution < -0.4 is 0 Å². The highest BCUT2D eigenvalue weighted by Crippen LogP contribution is 2.41. The van der Waals surface area contributed by atoms with Crippen LogP contribution in [0.4, 0.5) is 0 Å². The Labute approximate surface area is 183 Å². The Hall–Kier alpha value is -2.05. The van der Waals surface area contributed by atoms with Crippen molar-refractivity contribution in [3.8, 4) is 0 Å². The van der Waals surface area contributed by atoms with Crippen molar-refractivity contribution in [1.29, 1.82) is 0 Å². The summed E-state index contributed by atoms with van der Waals surface area (Å²) in [7, 11) is 1.56. The second kappa shape index (κ2) is 9.18. The monoisotopic (exact) mass is 453 g/mol. The first kappa shape index (κ1) is 21.7. The first-order valence-electron chi connectivity index (χ1n) is 8.83. The molecule has 0 unspecified atom stereocenters. The van der Waals surface area contributed by atoms with E-state index in [1.165, 1.54) is 4.90 Å². The molecular weight excluding hydrogens is 437 g/mol. The first-order chi connectivity index (χ1) is 13.8. The smallest absolute Gasteiger partial charge is 0.295 e. The molecule has 0 bridgehead atoms. The minimum atomic E-state index is -0.794. The van der Waals surface area contributed by atoms with Gasteiger partial charge in [-0.1, -0.05) is 40.9 Å². The van der Waals surface area contributed by atoms with Gasteiger partial charge in [-0.25, -0.2) is 0 Å². The van der Waals surface area contributed by atoms with E-state index in [2.05, 4.69) is 0 Å². The molecule has 1 fully saturated rings. The number of nitrogens with zero attached hydrogens (tertiary/aromatic N) is 1. The van der Waals surface area contributed by atoms with Gasteiger partial charge in [-0.3, -0.25) is 9.59 Å². The lowest BCUT2D eigenvalue weighted by molar-refractivity contribution is -0.140. The normalized spacial score (nSPS) is 18.5. The number of Topliss-reactive ketones (excluding diaryl/α,β-unsaturated/α-hetero) is 1. The van der Waals surface area contributed by atoms with Crippen LogP contribution in [0, 0.1) is 0 Å². The molecule has 3 rings (SSSR count). The van der Waals surface area contributed by atoms with Gasteiger partial charge in [0, 0.05) is 30.8 Å². The fourth-order valence-corrected chi connectivity index (χ4v) is 3.71. The molecule has 1 aliphatic rings. The van der Waals surface area contributed by atoms with Crippen LogP contribution in [0.3, 0.4) is 0 Å². The predicted molar refractivity (Wildman–Crippen MR) is 113 cm³/mol. The van der Waals surface area contributed by atoms with E-state index in [9.17, 15) is 14.7 Å². The standard InChI is InChI=1S/C21H18Cl3NO4/c1-29-10-2-9-25-18(13-5-8-15(23)16(24)11-13)17(20(27)21(25)28)19(26)12-3-6-14(22)7-4-12/h3-8,11,18,26H,2,9-10H2,1H3/b19-17+/t18-/m0/s1. The topological polar surface area (TPSA) is 66.8 Å². The van der Waals surface area contributed by atoms with Gasteiger partial charge in [-0.2, -0.15) is 0 Å². The zero-order chi connectivity index (χ0) is 21.1. The summed E-state index contributed by atoms with van der Waals surface area (Å²) in [6.45, 7) is 0.703. The minimum Gasteiger partial charge on any atom is -0.507 e. The molecule has 1 saturated heterocycles. The second-order valence-corrected chi connectivity index (χ2v) is 7.77. The van der Waals surface area contributed by atoms with E-state index < -0.39 is 17.7 Å². The predicted octanol–water partition coefficient (Wildman–Crippen LogP) is 5.11. The molecule has 1 amide bonds. The van der Waals surface area contributed by atoms with Crippen LogP contribution >= 0.6 is 34.8 Å². The lowest BCUT2D eigenvalue weighted by Gasteiger charge is -2.25. The highest BCUT2D eigenvalue weighted by Gasteiger charge is 2.45. The van der Waals surface area contributed by atoms with E-state index >= 15 is 0 Å². The van der Waals surface area contributed by atoms with Crippen molar-refractivity contribution in [3.63, 3.8) is 0 Å². The van der Waals surface area contributed by atoms with Gasteiger partial charge in [0.25, 0.3) is 11.7 Å². The van der Waals surface area contributed by atoms with Crippen molar-refractivity contribution in [1.82, 2.24) is 4.90 Å². The Balaban J connectivity index is 2.14. The van der Waals surface area contributed by atoms with Crippen LogP contribution in [0.5, 0.6) is 0 Å². The number of methoxy groups -OCH3 is 1. The third kappa shape index (κ3) is 4.43. The van der Waals surface area contributed by atoms with Gasteiger partial charge in [0.2, 0.25) is 0 Å². The third-order valence-corrected chi connectivity index (χ3v) is 5.66. The maximum absolute atomic E-state index is 12.8. The van der Waals surface area contributed by atoms with Crippen LogP contribution in [0.2, 0.25) is 15.1 Å². The molecular formula is C21H18Cl3NO4. The number of rotatable bonds is 6. The average Bonchev–Trinajstić information content (AvgIpc) is 2.95. The van der Waals surface area contributed by atoms with Crippen LogP contribution in [0.15, 0.2) is 48.0 Å². The maximum atomic E-state index is 12.8. The molecule has 2 aromatic carbocycles. The van der Waals surface area contributed by atoms with Gasteiger partial charge in [0.1, 0.15) is 5.76 Å². The van der Waals surface area contributed by atoms with E-state index in [0.717, 1.165) is 0 Å². The summed E-state index contributed by atoms with van der Waals surface area (Å²) in [5.41, 5.74) is 0.953. The fourth-order valence-electron chi connectivity index (χ4n) is 3.28. The largest absolute Gasteiger partial charge is 0.507 e. The van der Waals surface area contributed by atoms with Crippen molar-refractivity contribution in [2.24, 2.45) is 0 Å². The van der Waals surface area contributed by atoms with Gasteiger partial charge in [0.05, 0.1) is 21.7 Å². The first-order valence-corrected chi connectivity index (χ1v) is 9.96. The number of likely N-dealkylation sites (tertiary alicyclic amines) is 1. The SMILES string of the molecule is COCCCN1C(=O)C(=O)/C(=C(/O)c2ccc(Cl)cc2)[C@@H]1c1ccc(Cl)c(Cl)c1. The summed E-state index contributed by atoms with van der Waals surface area (Å²) < 4.78 is 5.06. The number of amides is 1. The zero-order valence-electron chi connectivity index (χ0n) is 15.5. The van der Waals surface area contributed by atoms with Gasteiger partial charge < -0.3 is 14.7 Å². The lowest BCUT2D eigenvalue weighted by Crippen LogP contribution is -2.31. The van der Waals surface area contributed by atoms with E-state index in [0.29, 0.717) is 34.2 Å². The zero-order valence-corrected chi connectivity index (χ0v) is 17.8. The molecule has 152 valence electrons. The highest BCUT2D eigenvalue weighted by molar-refractivity contribution is 6.47. The summed E-state index contributed by atoms with van der Waals surface area (Å²) in [6.07, 6.45) is 0.530. The number of carbonyl (C=O) groups excluding carboxylic acids is 2. The van der Waals surface area contributed by atoms with Crippen molar-refractivity contribution in [2.75, 3.05) is 20.3 Å². The van der Waals surface area contributed by atoms with Crippen molar-refractivity contribution >= 4 is 52.3 Å². The fraction of sp³-hybridized carbons (Fsp3) is 0.238. The number of carbonyl (C=O) groups is 2. The number of aliphatic hydroxyl groups excluding tert-OH is 1. The lowest BCUT2D eigenvalue weighted by atomic mass is 9.95. The van der Waals surface area contributed by atoms with Crippen LogP contribution in [-0.2, 0) is 14.3 Å². The quantitative estimate of drug-likeness (QED) is 0.285. The van der Waals surface area contributed by atoms with E-state index in [-0.39, 0.29) is 22.9 Å². The third-order valence-electron chi connectivity index (χ3n) is 4.66. The summed E-state index contributed by atoms with van der Waals surface area (Å²) in [5, 5.41) is 12.0. The Morgan fingerprint density at radius 1 is 1.07 bits per heavy atom. The molecule has 5 nitrogen and oxygen atoms in total. The summed E-state index contributed by atoms with van der Waals surface area (Å²) >= 11 is 18.1. The molecule has 1 aliphatic heterocycles. The van der Waals surface area contributed by atoms with Crippen molar-refractivity contribution < 1.29 is 19.4 Å². The molecule has 0 spiro atoms. The Morgan fingerprint density at radius 3 is 2.38 bits per heavy atom. The molecule has 1 heterocycles. The maximum Gasteiger partial charge on any atom is 0.295 e. The Bertz CT molecular complexity index is 972. The van der Waals surface area contributed by atoms with Gasteiger partial charge in [-0.05, 0) is 48.4 Å². The van der Waals surface area contributed by atoms with Crippen molar-refractivity contribution in [2.45, 2.75) is 12.5 Å². The number of halogens is 3. The molecule has 2 aromatic rings. The van der Waals surface area contributed by atoms with Crippen LogP contribution in [0.1, 0.15) is 23.6 Å². The molecule has 8 heteroatoms. The summed E-state index contributed by atoms with van der Waals surface area (Å²) in [5.74, 6) is -1.72. The average molecular weight is 455 g/mol. The van der Waals surface area contributed by atoms with E-state index in [1.54, 1.807) is 49.6 Å². The van der Waals surface area contributed by atoms with Crippen LogP contribution in [0.25, 0.3) is 5.76 Å². The number of benzene rings is 2. The molecule has 0 radical (unpaired) electrons. The van der Waals surface area contributed by atoms with Gasteiger partial charge >= 0.3 is 0 Å². The summed E-state index contributed by atoms with van der Waals surface area (Å²) in [4.78, 5) is 27.0. The van der Waals surface area contributed by atoms with E-state index in [4.69, 9.17) is 39.5 Å². The van der Waals surface area contributed by atoms with Gasteiger partial charge in [0.15, 0.2) is 0 Å². The van der Waals surface area contributed by atoms with Gasteiger partial charge in [-0.15, -0.1) is 0 Å². The van der Waals surface area contributed by atoms with Crippen molar-refractivity contribution in [3.05, 3.63) is 74.2 Å². The minimum absolute atomic E-state index is 0.00636.